The van der Waals surface area contributed by atoms with Crippen LogP contribution in [-0.4, -0.2) is 4.98 Å². The zero-order valence-electron chi connectivity index (χ0n) is 8.37. The monoisotopic (exact) mass is 218 g/mol. The molecule has 3 heteroatoms. The van der Waals surface area contributed by atoms with Gasteiger partial charge in [-0.05, 0) is 24.6 Å². The molecule has 0 bridgehead atoms. The minimum atomic E-state index is 0.656. The quantitative estimate of drug-likeness (QED) is 0.798. The molecule has 1 heterocycles. The van der Waals surface area contributed by atoms with E-state index >= 15 is 0 Å². The lowest BCUT2D eigenvalue weighted by atomic mass is 10.1. The van der Waals surface area contributed by atoms with Crippen LogP contribution < -0.4 is 5.73 Å². The summed E-state index contributed by atoms with van der Waals surface area (Å²) >= 11 is 6.07. The van der Waals surface area contributed by atoms with E-state index in [0.717, 1.165) is 16.8 Å². The zero-order valence-corrected chi connectivity index (χ0v) is 9.12. The Morgan fingerprint density at radius 2 is 2.00 bits per heavy atom. The summed E-state index contributed by atoms with van der Waals surface area (Å²) in [4.78, 5) is 4.30. The third-order valence-corrected chi connectivity index (χ3v) is 2.51. The van der Waals surface area contributed by atoms with Gasteiger partial charge >= 0.3 is 0 Å². The molecule has 2 N–H and O–H groups in total. The van der Waals surface area contributed by atoms with E-state index in [1.807, 2.05) is 37.3 Å². The summed E-state index contributed by atoms with van der Waals surface area (Å²) in [5.74, 6) is 0. The van der Waals surface area contributed by atoms with Crippen molar-refractivity contribution in [2.24, 2.45) is 0 Å². The van der Waals surface area contributed by atoms with Crippen LogP contribution in [0.4, 0.5) is 5.69 Å². The fourth-order valence-corrected chi connectivity index (χ4v) is 1.70. The van der Waals surface area contributed by atoms with E-state index in [1.165, 1.54) is 0 Å². The number of pyridine rings is 1. The molecule has 1 aromatic carbocycles. The fraction of sp³-hybridized carbons (Fsp3) is 0.0833. The Hall–Kier alpha value is -1.54. The van der Waals surface area contributed by atoms with Gasteiger partial charge in [0.15, 0.2) is 0 Å². The van der Waals surface area contributed by atoms with Gasteiger partial charge in [-0.15, -0.1) is 0 Å². The van der Waals surface area contributed by atoms with Crippen molar-refractivity contribution in [1.29, 1.82) is 0 Å². The van der Waals surface area contributed by atoms with Crippen LogP contribution >= 0.6 is 11.6 Å². The highest BCUT2D eigenvalue weighted by atomic mass is 35.5. The maximum Gasteiger partial charge on any atom is 0.0946 e. The first-order valence-electron chi connectivity index (χ1n) is 4.65. The molecular weight excluding hydrogens is 208 g/mol. The Labute approximate surface area is 93.7 Å². The molecule has 0 unspecified atom stereocenters. The smallest absolute Gasteiger partial charge is 0.0946 e. The van der Waals surface area contributed by atoms with Crippen LogP contribution in [0.25, 0.3) is 11.3 Å². The average Bonchev–Trinajstić information content (AvgIpc) is 2.20. The van der Waals surface area contributed by atoms with Crippen LogP contribution in [-0.2, 0) is 0 Å². The molecule has 2 rings (SSSR count). The van der Waals surface area contributed by atoms with Crippen molar-refractivity contribution in [3.8, 4) is 11.3 Å². The van der Waals surface area contributed by atoms with Gasteiger partial charge in [0, 0.05) is 11.8 Å². The van der Waals surface area contributed by atoms with E-state index in [1.54, 1.807) is 6.20 Å². The summed E-state index contributed by atoms with van der Waals surface area (Å²) in [6, 6.07) is 9.44. The molecule has 2 aromatic rings. The molecule has 2 nitrogen and oxygen atoms in total. The van der Waals surface area contributed by atoms with Crippen LogP contribution in [0.3, 0.4) is 0 Å². The number of hydrogen-bond acceptors (Lipinski definition) is 2. The van der Waals surface area contributed by atoms with Crippen molar-refractivity contribution >= 4 is 17.3 Å². The average molecular weight is 219 g/mol. The normalized spacial score (nSPS) is 10.3. The molecule has 76 valence electrons. The largest absolute Gasteiger partial charge is 0.397 e. The first-order valence-corrected chi connectivity index (χ1v) is 5.03. The van der Waals surface area contributed by atoms with Gasteiger partial charge in [0.1, 0.15) is 0 Å². The summed E-state index contributed by atoms with van der Waals surface area (Å²) in [6.07, 6.45) is 1.79. The molecule has 0 saturated carbocycles. The van der Waals surface area contributed by atoms with Gasteiger partial charge in [0.25, 0.3) is 0 Å². The van der Waals surface area contributed by atoms with E-state index in [4.69, 9.17) is 17.3 Å². The molecule has 15 heavy (non-hydrogen) atoms. The predicted octanol–water partition coefficient (Wildman–Crippen LogP) is 3.29. The standard InChI is InChI=1S/C12H11ClN2/c1-8-6-11(14)12(15-7-8)9-4-2-3-5-10(9)13/h2-7H,14H2,1H3. The molecule has 0 aliphatic heterocycles. The van der Waals surface area contributed by atoms with Crippen molar-refractivity contribution in [2.75, 3.05) is 5.73 Å². The fourth-order valence-electron chi connectivity index (χ4n) is 1.47. The number of hydrogen-bond donors (Lipinski definition) is 1. The highest BCUT2D eigenvalue weighted by Gasteiger charge is 2.07. The lowest BCUT2D eigenvalue weighted by Crippen LogP contribution is -1.94. The zero-order chi connectivity index (χ0) is 10.8. The molecule has 0 aliphatic rings. The first-order chi connectivity index (χ1) is 7.18. The van der Waals surface area contributed by atoms with Gasteiger partial charge in [-0.2, -0.15) is 0 Å². The third-order valence-electron chi connectivity index (χ3n) is 2.18. The van der Waals surface area contributed by atoms with Crippen molar-refractivity contribution in [3.05, 3.63) is 47.1 Å². The van der Waals surface area contributed by atoms with Crippen LogP contribution in [0.2, 0.25) is 5.02 Å². The SMILES string of the molecule is Cc1cnc(-c2ccccc2Cl)c(N)c1. The second kappa shape index (κ2) is 3.91. The number of aryl methyl sites for hydroxylation is 1. The number of halogens is 1. The number of nitrogens with two attached hydrogens (primary N) is 1. The van der Waals surface area contributed by atoms with Crippen molar-refractivity contribution in [3.63, 3.8) is 0 Å². The van der Waals surface area contributed by atoms with Crippen molar-refractivity contribution in [1.82, 2.24) is 4.98 Å². The van der Waals surface area contributed by atoms with Crippen molar-refractivity contribution < 1.29 is 0 Å². The van der Waals surface area contributed by atoms with Gasteiger partial charge in [-0.25, -0.2) is 0 Å². The number of rotatable bonds is 1. The molecule has 0 spiro atoms. The van der Waals surface area contributed by atoms with Crippen molar-refractivity contribution in [2.45, 2.75) is 6.92 Å². The Morgan fingerprint density at radius 1 is 1.27 bits per heavy atom. The van der Waals surface area contributed by atoms with E-state index < -0.39 is 0 Å². The summed E-state index contributed by atoms with van der Waals surface area (Å²) in [6.45, 7) is 1.96. The maximum absolute atomic E-state index is 6.07. The first kappa shape index (κ1) is 9.99. The molecule has 0 fully saturated rings. The number of anilines is 1. The summed E-state index contributed by atoms with van der Waals surface area (Å²) in [7, 11) is 0. The minimum absolute atomic E-state index is 0.656. The molecule has 0 radical (unpaired) electrons. The van der Waals surface area contributed by atoms with Gasteiger partial charge < -0.3 is 5.73 Å². The Bertz CT molecular complexity index is 495. The Morgan fingerprint density at radius 3 is 2.67 bits per heavy atom. The lowest BCUT2D eigenvalue weighted by molar-refractivity contribution is 1.27. The molecule has 0 aliphatic carbocycles. The van der Waals surface area contributed by atoms with Crippen LogP contribution in [0.15, 0.2) is 36.5 Å². The molecular formula is C12H11ClN2. The van der Waals surface area contributed by atoms with Gasteiger partial charge in [0.05, 0.1) is 16.4 Å². The molecule has 0 atom stereocenters. The number of nitrogens with zero attached hydrogens (tertiary/aromatic N) is 1. The number of nitrogen functional groups attached to an aromatic ring is 1. The maximum atomic E-state index is 6.07. The Balaban J connectivity index is 2.60. The second-order valence-corrected chi connectivity index (χ2v) is 3.84. The summed E-state index contributed by atoms with van der Waals surface area (Å²) in [5.41, 5.74) is 9.22. The van der Waals surface area contributed by atoms with E-state index in [9.17, 15) is 0 Å². The van der Waals surface area contributed by atoms with Gasteiger partial charge in [0.2, 0.25) is 0 Å². The highest BCUT2D eigenvalue weighted by molar-refractivity contribution is 6.33. The third kappa shape index (κ3) is 1.95. The lowest BCUT2D eigenvalue weighted by Gasteiger charge is -2.07. The predicted molar refractivity (Wildman–Crippen MR) is 63.8 cm³/mol. The molecule has 0 saturated heterocycles. The van der Waals surface area contributed by atoms with E-state index in [-0.39, 0.29) is 0 Å². The van der Waals surface area contributed by atoms with Gasteiger partial charge in [-0.3, -0.25) is 4.98 Å². The van der Waals surface area contributed by atoms with Crippen LogP contribution in [0.5, 0.6) is 0 Å². The van der Waals surface area contributed by atoms with Crippen LogP contribution in [0.1, 0.15) is 5.56 Å². The summed E-state index contributed by atoms with van der Waals surface area (Å²) in [5, 5.41) is 0.667. The number of aromatic nitrogens is 1. The highest BCUT2D eigenvalue weighted by Crippen LogP contribution is 2.29. The van der Waals surface area contributed by atoms with Crippen LogP contribution in [0, 0.1) is 6.92 Å². The van der Waals surface area contributed by atoms with E-state index in [0.29, 0.717) is 10.7 Å². The Kier molecular flexibility index (Phi) is 2.60. The minimum Gasteiger partial charge on any atom is -0.397 e. The van der Waals surface area contributed by atoms with E-state index in [2.05, 4.69) is 4.98 Å². The van der Waals surface area contributed by atoms with Gasteiger partial charge in [-0.1, -0.05) is 29.8 Å². The summed E-state index contributed by atoms with van der Waals surface area (Å²) < 4.78 is 0. The topological polar surface area (TPSA) is 38.9 Å². The second-order valence-electron chi connectivity index (χ2n) is 3.43. The number of benzene rings is 1. The molecule has 0 amide bonds. The molecule has 1 aromatic heterocycles.